The highest BCUT2D eigenvalue weighted by molar-refractivity contribution is 9.10. The molecule has 1 N–H and O–H groups in total. The maximum absolute atomic E-state index is 13.2. The average molecular weight is 561 g/mol. The SMILES string of the molecule is CNC(=O)[C@@H](C)N(Cc1ccc(Br)cc1)C(=O)CN(c1ccccc1Br)S(C)(=O)=O. The molecule has 2 rings (SSSR count). The van der Waals surface area contributed by atoms with Gasteiger partial charge in [-0.3, -0.25) is 13.9 Å². The van der Waals surface area contributed by atoms with Crippen molar-refractivity contribution in [1.29, 1.82) is 0 Å². The second-order valence-electron chi connectivity index (χ2n) is 6.66. The minimum absolute atomic E-state index is 0.161. The van der Waals surface area contributed by atoms with Crippen LogP contribution in [0.15, 0.2) is 57.5 Å². The minimum atomic E-state index is -3.75. The zero-order valence-corrected chi connectivity index (χ0v) is 20.8. The number of nitrogens with zero attached hydrogens (tertiary/aromatic N) is 2. The number of hydrogen-bond donors (Lipinski definition) is 1. The van der Waals surface area contributed by atoms with Crippen molar-refractivity contribution < 1.29 is 18.0 Å². The number of sulfonamides is 1. The number of carbonyl (C=O) groups is 2. The first-order chi connectivity index (χ1) is 14.0. The number of hydrogen-bond acceptors (Lipinski definition) is 4. The highest BCUT2D eigenvalue weighted by Crippen LogP contribution is 2.28. The molecule has 0 radical (unpaired) electrons. The number of nitrogens with one attached hydrogen (secondary N) is 1. The van der Waals surface area contributed by atoms with Crippen LogP contribution in [-0.2, 0) is 26.2 Å². The Bertz CT molecular complexity index is 1010. The Labute approximate surface area is 193 Å². The Morgan fingerprint density at radius 3 is 2.20 bits per heavy atom. The van der Waals surface area contributed by atoms with E-state index >= 15 is 0 Å². The van der Waals surface area contributed by atoms with Gasteiger partial charge in [0.05, 0.1) is 11.9 Å². The minimum Gasteiger partial charge on any atom is -0.357 e. The Morgan fingerprint density at radius 1 is 1.07 bits per heavy atom. The molecule has 2 aromatic carbocycles. The predicted molar refractivity (Wildman–Crippen MR) is 125 cm³/mol. The summed E-state index contributed by atoms with van der Waals surface area (Å²) in [6, 6.07) is 13.3. The molecule has 0 fully saturated rings. The van der Waals surface area contributed by atoms with E-state index in [0.717, 1.165) is 20.6 Å². The normalized spacial score (nSPS) is 12.2. The van der Waals surface area contributed by atoms with Crippen LogP contribution in [0.2, 0.25) is 0 Å². The Hall–Kier alpha value is -1.91. The summed E-state index contributed by atoms with van der Waals surface area (Å²) in [6.07, 6.45) is 1.04. The van der Waals surface area contributed by atoms with Crippen molar-refractivity contribution in [3.05, 3.63) is 63.0 Å². The van der Waals surface area contributed by atoms with E-state index in [-0.39, 0.29) is 12.5 Å². The summed E-state index contributed by atoms with van der Waals surface area (Å²) in [4.78, 5) is 26.9. The number of benzene rings is 2. The molecule has 0 bridgehead atoms. The van der Waals surface area contributed by atoms with Crippen molar-refractivity contribution in [2.24, 2.45) is 0 Å². The number of para-hydroxylation sites is 1. The summed E-state index contributed by atoms with van der Waals surface area (Å²) >= 11 is 6.71. The first-order valence-corrected chi connectivity index (χ1v) is 12.5. The van der Waals surface area contributed by atoms with Crippen LogP contribution in [-0.4, -0.2) is 51.0 Å². The van der Waals surface area contributed by atoms with Gasteiger partial charge in [-0.1, -0.05) is 40.2 Å². The van der Waals surface area contributed by atoms with E-state index in [4.69, 9.17) is 0 Å². The van der Waals surface area contributed by atoms with E-state index in [0.29, 0.717) is 10.2 Å². The van der Waals surface area contributed by atoms with Gasteiger partial charge in [-0.2, -0.15) is 0 Å². The van der Waals surface area contributed by atoms with E-state index in [1.54, 1.807) is 31.2 Å². The van der Waals surface area contributed by atoms with Gasteiger partial charge in [0, 0.05) is 22.5 Å². The zero-order valence-electron chi connectivity index (χ0n) is 16.8. The smallest absolute Gasteiger partial charge is 0.244 e. The lowest BCUT2D eigenvalue weighted by atomic mass is 10.1. The highest BCUT2D eigenvalue weighted by atomic mass is 79.9. The molecule has 30 heavy (non-hydrogen) atoms. The third-order valence-electron chi connectivity index (χ3n) is 4.48. The number of carbonyl (C=O) groups excluding carboxylic acids is 2. The molecule has 0 spiro atoms. The number of anilines is 1. The van der Waals surface area contributed by atoms with Gasteiger partial charge in [0.1, 0.15) is 12.6 Å². The topological polar surface area (TPSA) is 86.8 Å². The molecule has 0 heterocycles. The molecule has 0 saturated carbocycles. The van der Waals surface area contributed by atoms with Crippen LogP contribution in [0.4, 0.5) is 5.69 Å². The fourth-order valence-electron chi connectivity index (χ4n) is 2.83. The molecule has 0 aliphatic heterocycles. The van der Waals surface area contributed by atoms with Gasteiger partial charge in [0.25, 0.3) is 0 Å². The average Bonchev–Trinajstić information content (AvgIpc) is 2.70. The zero-order chi connectivity index (χ0) is 22.5. The fourth-order valence-corrected chi connectivity index (χ4v) is 4.57. The highest BCUT2D eigenvalue weighted by Gasteiger charge is 2.30. The van der Waals surface area contributed by atoms with Crippen molar-refractivity contribution in [2.45, 2.75) is 19.5 Å². The molecule has 0 aliphatic rings. The van der Waals surface area contributed by atoms with Crippen LogP contribution in [0, 0.1) is 0 Å². The molecule has 0 aliphatic carbocycles. The molecule has 162 valence electrons. The summed E-state index contributed by atoms with van der Waals surface area (Å²) in [7, 11) is -2.26. The maximum Gasteiger partial charge on any atom is 0.244 e. The number of rotatable bonds is 8. The van der Waals surface area contributed by atoms with Crippen LogP contribution in [0.25, 0.3) is 0 Å². The first kappa shape index (κ1) is 24.4. The molecule has 1 atom stereocenters. The molecule has 2 amide bonds. The lowest BCUT2D eigenvalue weighted by Gasteiger charge is -2.31. The van der Waals surface area contributed by atoms with E-state index in [2.05, 4.69) is 37.2 Å². The van der Waals surface area contributed by atoms with Crippen molar-refractivity contribution >= 4 is 59.4 Å². The monoisotopic (exact) mass is 559 g/mol. The van der Waals surface area contributed by atoms with Gasteiger partial charge in [-0.15, -0.1) is 0 Å². The predicted octanol–water partition coefficient (Wildman–Crippen LogP) is 3.14. The second-order valence-corrected chi connectivity index (χ2v) is 10.3. The van der Waals surface area contributed by atoms with E-state index in [1.807, 2.05) is 24.3 Å². The first-order valence-electron chi connectivity index (χ1n) is 9.02. The van der Waals surface area contributed by atoms with E-state index in [9.17, 15) is 18.0 Å². The molecule has 10 heteroatoms. The third kappa shape index (κ3) is 6.29. The number of likely N-dealkylation sites (N-methyl/N-ethyl adjacent to an activating group) is 1. The molecule has 7 nitrogen and oxygen atoms in total. The maximum atomic E-state index is 13.2. The molecular weight excluding hydrogens is 538 g/mol. The van der Waals surface area contributed by atoms with Crippen molar-refractivity contribution in [3.8, 4) is 0 Å². The lowest BCUT2D eigenvalue weighted by molar-refractivity contribution is -0.139. The summed E-state index contributed by atoms with van der Waals surface area (Å²) < 4.78 is 27.4. The molecule has 0 saturated heterocycles. The van der Waals surface area contributed by atoms with Gasteiger partial charge < -0.3 is 10.2 Å². The Morgan fingerprint density at radius 2 is 1.67 bits per heavy atom. The van der Waals surface area contributed by atoms with Crippen LogP contribution < -0.4 is 9.62 Å². The fraction of sp³-hybridized carbons (Fsp3) is 0.300. The van der Waals surface area contributed by atoms with Crippen molar-refractivity contribution in [3.63, 3.8) is 0 Å². The van der Waals surface area contributed by atoms with E-state index < -0.39 is 28.5 Å². The second kappa shape index (κ2) is 10.4. The largest absolute Gasteiger partial charge is 0.357 e. The quantitative estimate of drug-likeness (QED) is 0.537. The molecular formula is C20H23Br2N3O4S. The van der Waals surface area contributed by atoms with Gasteiger partial charge in [0.15, 0.2) is 0 Å². The van der Waals surface area contributed by atoms with Crippen molar-refractivity contribution in [1.82, 2.24) is 10.2 Å². The summed E-state index contributed by atoms with van der Waals surface area (Å²) in [5.41, 5.74) is 1.17. The summed E-state index contributed by atoms with van der Waals surface area (Å²) in [6.45, 7) is 1.34. The summed E-state index contributed by atoms with van der Waals surface area (Å²) in [5.74, 6) is -0.831. The van der Waals surface area contributed by atoms with Gasteiger partial charge in [-0.05, 0) is 52.7 Å². The van der Waals surface area contributed by atoms with Gasteiger partial charge >= 0.3 is 0 Å². The molecule has 2 aromatic rings. The van der Waals surface area contributed by atoms with Crippen LogP contribution in [0.1, 0.15) is 12.5 Å². The number of amides is 2. The third-order valence-corrected chi connectivity index (χ3v) is 6.81. The van der Waals surface area contributed by atoms with Gasteiger partial charge in [-0.25, -0.2) is 8.42 Å². The Balaban J connectivity index is 2.38. The van der Waals surface area contributed by atoms with Gasteiger partial charge in [0.2, 0.25) is 21.8 Å². The standard InChI is InChI=1S/C20H23Br2N3O4S/c1-14(20(27)23-2)24(12-15-8-10-16(21)11-9-15)19(26)13-25(30(3,28)29)18-7-5-4-6-17(18)22/h4-11,14H,12-13H2,1-3H3,(H,23,27)/t14-/m1/s1. The van der Waals surface area contributed by atoms with Crippen LogP contribution in [0.5, 0.6) is 0 Å². The Kier molecular flexibility index (Phi) is 8.45. The van der Waals surface area contributed by atoms with Crippen LogP contribution >= 0.6 is 31.9 Å². The number of halogens is 2. The summed E-state index contributed by atoms with van der Waals surface area (Å²) in [5, 5.41) is 2.54. The molecule has 0 aromatic heterocycles. The van der Waals surface area contributed by atoms with Crippen molar-refractivity contribution in [2.75, 3.05) is 24.2 Å². The van der Waals surface area contributed by atoms with Crippen LogP contribution in [0.3, 0.4) is 0 Å². The lowest BCUT2D eigenvalue weighted by Crippen LogP contribution is -2.50. The van der Waals surface area contributed by atoms with E-state index in [1.165, 1.54) is 11.9 Å². The molecule has 0 unspecified atom stereocenters.